The largest absolute Gasteiger partial charge is 0.468 e. The highest BCUT2D eigenvalue weighted by atomic mass is 16.5. The van der Waals surface area contributed by atoms with Crippen molar-refractivity contribution in [3.05, 3.63) is 59.9 Å². The molecule has 24 heavy (non-hydrogen) atoms. The summed E-state index contributed by atoms with van der Waals surface area (Å²) in [5.74, 6) is -1.89. The maximum atomic E-state index is 12.1. The third-order valence-corrected chi connectivity index (χ3v) is 3.78. The van der Waals surface area contributed by atoms with Gasteiger partial charge in [0.15, 0.2) is 5.41 Å². The molecule has 0 fully saturated rings. The molecule has 1 aliphatic carbocycles. The van der Waals surface area contributed by atoms with Gasteiger partial charge in [0.05, 0.1) is 26.0 Å². The van der Waals surface area contributed by atoms with E-state index in [9.17, 15) is 14.4 Å². The fourth-order valence-corrected chi connectivity index (χ4v) is 2.53. The number of ether oxygens (including phenoxy) is 3. The number of hydrogen-bond acceptors (Lipinski definition) is 6. The van der Waals surface area contributed by atoms with Gasteiger partial charge in [-0.3, -0.25) is 9.59 Å². The maximum Gasteiger partial charge on any atom is 0.342 e. The van der Waals surface area contributed by atoms with E-state index in [0.29, 0.717) is 11.1 Å². The van der Waals surface area contributed by atoms with Gasteiger partial charge in [0.1, 0.15) is 0 Å². The highest BCUT2D eigenvalue weighted by Crippen LogP contribution is 2.38. The van der Waals surface area contributed by atoms with Crippen LogP contribution in [0.4, 0.5) is 0 Å². The van der Waals surface area contributed by atoms with Gasteiger partial charge in [-0.25, -0.2) is 4.79 Å². The summed E-state index contributed by atoms with van der Waals surface area (Å²) in [6.07, 6.45) is 4.79. The lowest BCUT2D eigenvalue weighted by Gasteiger charge is -2.29. The van der Waals surface area contributed by atoms with Crippen LogP contribution in [0.5, 0.6) is 0 Å². The van der Waals surface area contributed by atoms with Gasteiger partial charge < -0.3 is 14.2 Å². The number of allylic oxidation sites excluding steroid dienone is 3. The molecule has 1 aliphatic rings. The van der Waals surface area contributed by atoms with E-state index in [4.69, 9.17) is 14.2 Å². The highest BCUT2D eigenvalue weighted by Gasteiger charge is 2.49. The molecule has 1 aromatic carbocycles. The number of rotatable bonds is 4. The van der Waals surface area contributed by atoms with Crippen LogP contribution in [-0.2, 0) is 23.8 Å². The van der Waals surface area contributed by atoms with Crippen LogP contribution in [0.2, 0.25) is 0 Å². The van der Waals surface area contributed by atoms with E-state index < -0.39 is 23.3 Å². The highest BCUT2D eigenvalue weighted by molar-refractivity contribution is 6.01. The molecule has 0 aromatic heterocycles. The Morgan fingerprint density at radius 3 is 2.25 bits per heavy atom. The second-order valence-corrected chi connectivity index (χ2v) is 5.31. The van der Waals surface area contributed by atoms with Crippen molar-refractivity contribution in [1.29, 1.82) is 0 Å². The van der Waals surface area contributed by atoms with Crippen molar-refractivity contribution in [3.63, 3.8) is 0 Å². The average Bonchev–Trinajstić information content (AvgIpc) is 2.65. The number of esters is 3. The topological polar surface area (TPSA) is 78.9 Å². The van der Waals surface area contributed by atoms with E-state index in [2.05, 4.69) is 0 Å². The first-order chi connectivity index (χ1) is 11.5. The summed E-state index contributed by atoms with van der Waals surface area (Å²) in [6.45, 7) is 0. The minimum atomic E-state index is -1.46. The van der Waals surface area contributed by atoms with Crippen LogP contribution in [0.1, 0.15) is 23.2 Å². The van der Waals surface area contributed by atoms with Crippen LogP contribution in [-0.4, -0.2) is 32.1 Å². The third kappa shape index (κ3) is 3.53. The lowest BCUT2D eigenvalue weighted by molar-refractivity contribution is -0.169. The lowest BCUT2D eigenvalue weighted by Crippen LogP contribution is -2.42. The van der Waals surface area contributed by atoms with Gasteiger partial charge in [-0.2, -0.15) is 0 Å². The predicted molar refractivity (Wildman–Crippen MR) is 84.8 cm³/mol. The Hall–Kier alpha value is -2.89. The zero-order chi connectivity index (χ0) is 17.6. The van der Waals surface area contributed by atoms with Gasteiger partial charge in [0.2, 0.25) is 0 Å². The van der Waals surface area contributed by atoms with Gasteiger partial charge in [-0.1, -0.05) is 30.4 Å². The standard InChI is InChI=1S/C18H18O6/c1-22-16(20)18(17(21)23-2)10-6-7-13(11-18)12-24-15(19)14-8-4-3-5-9-14/h3-9,12H,10-11H2,1-2H3/b13-12-. The minimum Gasteiger partial charge on any atom is -0.468 e. The van der Waals surface area contributed by atoms with Crippen molar-refractivity contribution in [3.8, 4) is 0 Å². The van der Waals surface area contributed by atoms with Crippen LogP contribution in [0, 0.1) is 5.41 Å². The number of carbonyl (C=O) groups is 3. The Labute approximate surface area is 139 Å². The van der Waals surface area contributed by atoms with Gasteiger partial charge >= 0.3 is 17.9 Å². The molecule has 0 radical (unpaired) electrons. The second kappa shape index (κ2) is 7.59. The molecule has 0 aliphatic heterocycles. The molecular weight excluding hydrogens is 312 g/mol. The first kappa shape index (κ1) is 17.5. The number of hydrogen-bond donors (Lipinski definition) is 0. The summed E-state index contributed by atoms with van der Waals surface area (Å²) in [6, 6.07) is 8.50. The van der Waals surface area contributed by atoms with Crippen molar-refractivity contribution in [1.82, 2.24) is 0 Å². The number of methoxy groups -OCH3 is 2. The van der Waals surface area contributed by atoms with Crippen LogP contribution in [0.3, 0.4) is 0 Å². The zero-order valence-electron chi connectivity index (χ0n) is 13.5. The zero-order valence-corrected chi connectivity index (χ0v) is 13.5. The van der Waals surface area contributed by atoms with Crippen molar-refractivity contribution in [2.24, 2.45) is 5.41 Å². The van der Waals surface area contributed by atoms with Crippen LogP contribution in [0.25, 0.3) is 0 Å². The van der Waals surface area contributed by atoms with E-state index in [1.807, 2.05) is 0 Å². The fourth-order valence-electron chi connectivity index (χ4n) is 2.53. The van der Waals surface area contributed by atoms with Crippen molar-refractivity contribution < 1.29 is 28.6 Å². The first-order valence-corrected chi connectivity index (χ1v) is 7.32. The van der Waals surface area contributed by atoms with Crippen molar-refractivity contribution in [2.45, 2.75) is 12.8 Å². The van der Waals surface area contributed by atoms with Crippen LogP contribution < -0.4 is 0 Å². The third-order valence-electron chi connectivity index (χ3n) is 3.78. The Balaban J connectivity index is 2.18. The fraction of sp³-hybridized carbons (Fsp3) is 0.278. The molecule has 0 heterocycles. The second-order valence-electron chi connectivity index (χ2n) is 5.31. The van der Waals surface area contributed by atoms with E-state index in [1.165, 1.54) is 20.5 Å². The van der Waals surface area contributed by atoms with E-state index >= 15 is 0 Å². The Morgan fingerprint density at radius 2 is 1.67 bits per heavy atom. The van der Waals surface area contributed by atoms with E-state index in [1.54, 1.807) is 42.5 Å². The summed E-state index contributed by atoms with van der Waals surface area (Å²) >= 11 is 0. The SMILES string of the molecule is COC(=O)C1(C(=O)OC)CC=C/C(=C/OC(=O)c2ccccc2)C1. The summed E-state index contributed by atoms with van der Waals surface area (Å²) in [5.41, 5.74) is -0.536. The molecule has 0 spiro atoms. The monoisotopic (exact) mass is 330 g/mol. The minimum absolute atomic E-state index is 0.0327. The first-order valence-electron chi connectivity index (χ1n) is 7.32. The van der Waals surface area contributed by atoms with E-state index in [0.717, 1.165) is 0 Å². The molecule has 6 heteroatoms. The molecule has 0 amide bonds. The summed E-state index contributed by atoms with van der Waals surface area (Å²) in [7, 11) is 2.42. The Bertz CT molecular complexity index is 671. The number of carbonyl (C=O) groups excluding carboxylic acids is 3. The average molecular weight is 330 g/mol. The molecule has 1 aromatic rings. The molecular formula is C18H18O6. The molecule has 2 rings (SSSR count). The molecule has 0 saturated heterocycles. The Morgan fingerprint density at radius 1 is 1.04 bits per heavy atom. The van der Waals surface area contributed by atoms with Crippen molar-refractivity contribution in [2.75, 3.05) is 14.2 Å². The molecule has 6 nitrogen and oxygen atoms in total. The molecule has 0 atom stereocenters. The molecule has 0 unspecified atom stereocenters. The van der Waals surface area contributed by atoms with Gasteiger partial charge in [-0.05, 0) is 24.1 Å². The molecule has 0 bridgehead atoms. The lowest BCUT2D eigenvalue weighted by atomic mass is 9.75. The summed E-state index contributed by atoms with van der Waals surface area (Å²) in [4.78, 5) is 36.2. The van der Waals surface area contributed by atoms with Gasteiger partial charge in [0, 0.05) is 6.42 Å². The quantitative estimate of drug-likeness (QED) is 0.365. The normalized spacial score (nSPS) is 17.2. The number of benzene rings is 1. The smallest absolute Gasteiger partial charge is 0.342 e. The van der Waals surface area contributed by atoms with Gasteiger partial charge in [0.25, 0.3) is 0 Å². The molecule has 126 valence electrons. The molecule has 0 N–H and O–H groups in total. The van der Waals surface area contributed by atoms with Crippen LogP contribution in [0.15, 0.2) is 54.3 Å². The summed E-state index contributed by atoms with van der Waals surface area (Å²) in [5, 5.41) is 0. The summed E-state index contributed by atoms with van der Waals surface area (Å²) < 4.78 is 14.6. The predicted octanol–water partition coefficient (Wildman–Crippen LogP) is 2.41. The maximum absolute atomic E-state index is 12.1. The molecule has 0 saturated carbocycles. The Kier molecular flexibility index (Phi) is 5.52. The van der Waals surface area contributed by atoms with Crippen molar-refractivity contribution >= 4 is 17.9 Å². The van der Waals surface area contributed by atoms with E-state index in [-0.39, 0.29) is 12.8 Å². The van der Waals surface area contributed by atoms with Crippen LogP contribution >= 0.6 is 0 Å². The van der Waals surface area contributed by atoms with Gasteiger partial charge in [-0.15, -0.1) is 0 Å².